The first-order valence-corrected chi connectivity index (χ1v) is 7.79. The first-order valence-electron chi connectivity index (χ1n) is 6.35. The first-order chi connectivity index (χ1) is 9.50. The summed E-state index contributed by atoms with van der Waals surface area (Å²) in [5.74, 6) is 0.756. The van der Waals surface area contributed by atoms with Crippen LogP contribution in [0.1, 0.15) is 11.4 Å². The summed E-state index contributed by atoms with van der Waals surface area (Å²) in [5, 5.41) is 0. The first kappa shape index (κ1) is 13.1. The van der Waals surface area contributed by atoms with Crippen molar-refractivity contribution in [3.8, 4) is 0 Å². The number of hydrogen-bond acceptors (Lipinski definition) is 4. The number of anilines is 1. The predicted molar refractivity (Wildman–Crippen MR) is 75.4 cm³/mol. The molecule has 3 rings (SSSR count). The molecule has 2 aromatic rings. The van der Waals surface area contributed by atoms with Crippen molar-refractivity contribution in [3.05, 3.63) is 42.0 Å². The number of nitrogen functional groups attached to an aromatic ring is 1. The Morgan fingerprint density at radius 2 is 2.10 bits per heavy atom. The Hall–Kier alpha value is -1.86. The van der Waals surface area contributed by atoms with Crippen molar-refractivity contribution in [1.29, 1.82) is 0 Å². The summed E-state index contributed by atoms with van der Waals surface area (Å²) in [6.07, 6.45) is 3.55. The normalized spacial score (nSPS) is 16.1. The van der Waals surface area contributed by atoms with E-state index in [1.807, 2.05) is 10.8 Å². The lowest BCUT2D eigenvalue weighted by molar-refractivity contribution is 0.335. The van der Waals surface area contributed by atoms with Crippen molar-refractivity contribution >= 4 is 15.7 Å². The largest absolute Gasteiger partial charge is 0.398 e. The van der Waals surface area contributed by atoms with Gasteiger partial charge in [0.1, 0.15) is 10.7 Å². The van der Waals surface area contributed by atoms with Gasteiger partial charge in [0.25, 0.3) is 0 Å². The number of sulfonamides is 1. The SMILES string of the molecule is Cc1cccc(N)c1S(=O)(=O)N1CCn2ccnc2C1. The number of nitrogens with zero attached hydrogens (tertiary/aromatic N) is 3. The van der Waals surface area contributed by atoms with E-state index in [1.165, 1.54) is 4.31 Å². The second-order valence-corrected chi connectivity index (χ2v) is 6.74. The van der Waals surface area contributed by atoms with Gasteiger partial charge in [0.2, 0.25) is 10.0 Å². The van der Waals surface area contributed by atoms with E-state index in [1.54, 1.807) is 31.3 Å². The number of nitrogens with two attached hydrogens (primary N) is 1. The highest BCUT2D eigenvalue weighted by Gasteiger charge is 2.31. The topological polar surface area (TPSA) is 81.2 Å². The molecule has 7 heteroatoms. The molecule has 0 bridgehead atoms. The third-order valence-corrected chi connectivity index (χ3v) is 5.62. The Balaban J connectivity index is 2.02. The van der Waals surface area contributed by atoms with Gasteiger partial charge in [-0.1, -0.05) is 12.1 Å². The van der Waals surface area contributed by atoms with Crippen LogP contribution >= 0.6 is 0 Å². The van der Waals surface area contributed by atoms with Gasteiger partial charge in [-0.15, -0.1) is 0 Å². The van der Waals surface area contributed by atoms with E-state index in [-0.39, 0.29) is 11.4 Å². The van der Waals surface area contributed by atoms with E-state index in [9.17, 15) is 8.42 Å². The number of aryl methyl sites for hydroxylation is 1. The van der Waals surface area contributed by atoms with Crippen molar-refractivity contribution in [2.75, 3.05) is 12.3 Å². The van der Waals surface area contributed by atoms with Crippen LogP contribution in [0.3, 0.4) is 0 Å². The van der Waals surface area contributed by atoms with E-state index < -0.39 is 10.0 Å². The minimum atomic E-state index is -3.59. The van der Waals surface area contributed by atoms with Gasteiger partial charge in [0.05, 0.1) is 12.2 Å². The monoisotopic (exact) mass is 292 g/mol. The van der Waals surface area contributed by atoms with Gasteiger partial charge in [-0.2, -0.15) is 4.31 Å². The maximum atomic E-state index is 12.8. The number of rotatable bonds is 2. The van der Waals surface area contributed by atoms with Gasteiger partial charge in [-0.05, 0) is 18.6 Å². The molecule has 1 aliphatic heterocycles. The Bertz CT molecular complexity index is 731. The molecule has 0 saturated carbocycles. The fraction of sp³-hybridized carbons (Fsp3) is 0.308. The summed E-state index contributed by atoms with van der Waals surface area (Å²) in [7, 11) is -3.59. The zero-order chi connectivity index (χ0) is 14.3. The average molecular weight is 292 g/mol. The van der Waals surface area contributed by atoms with E-state index in [0.29, 0.717) is 24.3 Å². The van der Waals surface area contributed by atoms with Crippen LogP contribution in [0.5, 0.6) is 0 Å². The van der Waals surface area contributed by atoms with Crippen molar-refractivity contribution in [1.82, 2.24) is 13.9 Å². The van der Waals surface area contributed by atoms with Crippen LogP contribution in [0.15, 0.2) is 35.5 Å². The minimum Gasteiger partial charge on any atom is -0.398 e. The lowest BCUT2D eigenvalue weighted by Gasteiger charge is -2.28. The molecule has 1 aliphatic rings. The molecular formula is C13H16N4O2S. The predicted octanol–water partition coefficient (Wildman–Crippen LogP) is 0.978. The Labute approximate surface area is 117 Å². The fourth-order valence-corrected chi connectivity index (χ4v) is 4.22. The highest BCUT2D eigenvalue weighted by Crippen LogP contribution is 2.28. The Kier molecular flexibility index (Phi) is 3.02. The Morgan fingerprint density at radius 1 is 1.30 bits per heavy atom. The van der Waals surface area contributed by atoms with E-state index in [0.717, 1.165) is 5.82 Å². The van der Waals surface area contributed by atoms with Crippen molar-refractivity contribution in [2.45, 2.75) is 24.9 Å². The number of aromatic nitrogens is 2. The molecule has 6 nitrogen and oxygen atoms in total. The summed E-state index contributed by atoms with van der Waals surface area (Å²) < 4.78 is 28.9. The van der Waals surface area contributed by atoms with Crippen LogP contribution in [0.25, 0.3) is 0 Å². The van der Waals surface area contributed by atoms with E-state index in [4.69, 9.17) is 5.73 Å². The molecule has 106 valence electrons. The molecule has 1 aromatic heterocycles. The van der Waals surface area contributed by atoms with Gasteiger partial charge in [0, 0.05) is 25.5 Å². The number of imidazole rings is 1. The highest BCUT2D eigenvalue weighted by atomic mass is 32.2. The van der Waals surface area contributed by atoms with Crippen LogP contribution in [0.4, 0.5) is 5.69 Å². The second-order valence-electron chi connectivity index (χ2n) is 4.87. The molecule has 0 atom stereocenters. The molecule has 2 N–H and O–H groups in total. The van der Waals surface area contributed by atoms with Crippen LogP contribution < -0.4 is 5.73 Å². The summed E-state index contributed by atoms with van der Waals surface area (Å²) in [4.78, 5) is 4.39. The van der Waals surface area contributed by atoms with Crippen molar-refractivity contribution in [2.24, 2.45) is 0 Å². The van der Waals surface area contributed by atoms with Crippen LogP contribution in [-0.4, -0.2) is 28.8 Å². The van der Waals surface area contributed by atoms with E-state index >= 15 is 0 Å². The molecule has 20 heavy (non-hydrogen) atoms. The number of fused-ring (bicyclic) bond motifs is 1. The standard InChI is InChI=1S/C13H16N4O2S/c1-10-3-2-4-11(14)13(10)20(18,19)17-8-7-16-6-5-15-12(16)9-17/h2-6H,7-9,14H2,1H3. The molecule has 1 aromatic carbocycles. The molecule has 0 spiro atoms. The van der Waals surface area contributed by atoms with Crippen LogP contribution in [0.2, 0.25) is 0 Å². The fourth-order valence-electron chi connectivity index (χ4n) is 2.51. The van der Waals surface area contributed by atoms with Crippen molar-refractivity contribution in [3.63, 3.8) is 0 Å². The smallest absolute Gasteiger partial charge is 0.245 e. The minimum absolute atomic E-state index is 0.208. The quantitative estimate of drug-likeness (QED) is 0.837. The molecular weight excluding hydrogens is 276 g/mol. The third kappa shape index (κ3) is 1.99. The lowest BCUT2D eigenvalue weighted by atomic mass is 10.2. The summed E-state index contributed by atoms with van der Waals surface area (Å²) in [6, 6.07) is 5.13. The van der Waals surface area contributed by atoms with E-state index in [2.05, 4.69) is 4.98 Å². The second kappa shape index (κ2) is 4.60. The van der Waals surface area contributed by atoms with Gasteiger partial charge in [0.15, 0.2) is 0 Å². The summed E-state index contributed by atoms with van der Waals surface area (Å²) >= 11 is 0. The zero-order valence-corrected chi connectivity index (χ0v) is 12.0. The highest BCUT2D eigenvalue weighted by molar-refractivity contribution is 7.89. The molecule has 0 fully saturated rings. The molecule has 0 amide bonds. The number of benzene rings is 1. The zero-order valence-electron chi connectivity index (χ0n) is 11.2. The van der Waals surface area contributed by atoms with Gasteiger partial charge in [-0.25, -0.2) is 13.4 Å². The molecule has 0 unspecified atom stereocenters. The van der Waals surface area contributed by atoms with Crippen LogP contribution in [-0.2, 0) is 23.1 Å². The third-order valence-electron chi connectivity index (χ3n) is 3.55. The Morgan fingerprint density at radius 3 is 2.85 bits per heavy atom. The average Bonchev–Trinajstić information content (AvgIpc) is 2.85. The van der Waals surface area contributed by atoms with Gasteiger partial charge in [-0.3, -0.25) is 0 Å². The lowest BCUT2D eigenvalue weighted by Crippen LogP contribution is -2.38. The van der Waals surface area contributed by atoms with Crippen molar-refractivity contribution < 1.29 is 8.42 Å². The van der Waals surface area contributed by atoms with Gasteiger partial charge >= 0.3 is 0 Å². The molecule has 2 heterocycles. The molecule has 0 saturated heterocycles. The summed E-state index contributed by atoms with van der Waals surface area (Å²) in [5.41, 5.74) is 6.82. The molecule has 0 radical (unpaired) electrons. The number of hydrogen-bond donors (Lipinski definition) is 1. The molecule has 0 aliphatic carbocycles. The van der Waals surface area contributed by atoms with Gasteiger partial charge < -0.3 is 10.3 Å². The van der Waals surface area contributed by atoms with Crippen LogP contribution in [0, 0.1) is 6.92 Å². The summed E-state index contributed by atoms with van der Waals surface area (Å²) in [6.45, 7) is 3.08. The maximum Gasteiger partial charge on any atom is 0.245 e. The maximum absolute atomic E-state index is 12.8.